The van der Waals surface area contributed by atoms with Crippen LogP contribution in [-0.2, 0) is 4.79 Å². The maximum absolute atomic E-state index is 11.2. The molecule has 1 aliphatic heterocycles. The average Bonchev–Trinajstić information content (AvgIpc) is 2.32. The van der Waals surface area contributed by atoms with Gasteiger partial charge in [-0.1, -0.05) is 13.8 Å². The Morgan fingerprint density at radius 1 is 1.50 bits per heavy atom. The van der Waals surface area contributed by atoms with Gasteiger partial charge in [-0.3, -0.25) is 9.69 Å². The van der Waals surface area contributed by atoms with Crippen LogP contribution in [0.2, 0.25) is 0 Å². The lowest BCUT2D eigenvalue weighted by atomic mass is 10.0. The molecule has 3 heteroatoms. The highest BCUT2D eigenvalue weighted by molar-refractivity contribution is 5.79. The highest BCUT2D eigenvalue weighted by Gasteiger charge is 2.23. The van der Waals surface area contributed by atoms with Gasteiger partial charge in [0.1, 0.15) is 0 Å². The van der Waals surface area contributed by atoms with Crippen molar-refractivity contribution < 1.29 is 4.79 Å². The van der Waals surface area contributed by atoms with Crippen LogP contribution in [0.25, 0.3) is 0 Å². The Labute approximate surface area is 86.6 Å². The standard InChI is InChI=1S/C11H22N2O/c1-3-10(11(12)14)13-7-4-5-9(2)6-8-13/h9-10H,3-8H2,1-2H3,(H2,12,14). The first-order valence-electron chi connectivity index (χ1n) is 5.68. The molecule has 1 aliphatic rings. The lowest BCUT2D eigenvalue weighted by Gasteiger charge is -2.27. The SMILES string of the molecule is CCC(C(N)=O)N1CCCC(C)CC1. The number of hydrogen-bond donors (Lipinski definition) is 1. The average molecular weight is 198 g/mol. The molecule has 1 rings (SSSR count). The van der Waals surface area contributed by atoms with Crippen molar-refractivity contribution >= 4 is 5.91 Å². The summed E-state index contributed by atoms with van der Waals surface area (Å²) in [7, 11) is 0. The molecule has 0 spiro atoms. The summed E-state index contributed by atoms with van der Waals surface area (Å²) in [5.41, 5.74) is 5.38. The number of carbonyl (C=O) groups is 1. The van der Waals surface area contributed by atoms with Gasteiger partial charge in [-0.25, -0.2) is 0 Å². The maximum atomic E-state index is 11.2. The van der Waals surface area contributed by atoms with Crippen LogP contribution in [0.1, 0.15) is 39.5 Å². The van der Waals surface area contributed by atoms with Gasteiger partial charge in [-0.05, 0) is 44.7 Å². The molecule has 0 aromatic heterocycles. The maximum Gasteiger partial charge on any atom is 0.234 e. The van der Waals surface area contributed by atoms with E-state index in [1.165, 1.54) is 19.3 Å². The molecule has 0 aromatic carbocycles. The van der Waals surface area contributed by atoms with Crippen LogP contribution in [0.4, 0.5) is 0 Å². The number of carbonyl (C=O) groups excluding carboxylic acids is 1. The number of hydrogen-bond acceptors (Lipinski definition) is 2. The van der Waals surface area contributed by atoms with Gasteiger partial charge in [0.2, 0.25) is 5.91 Å². The molecule has 0 saturated carbocycles. The molecule has 0 bridgehead atoms. The smallest absolute Gasteiger partial charge is 0.234 e. The van der Waals surface area contributed by atoms with Gasteiger partial charge in [0, 0.05) is 0 Å². The van der Waals surface area contributed by atoms with Crippen LogP contribution in [0.15, 0.2) is 0 Å². The van der Waals surface area contributed by atoms with Crippen molar-refractivity contribution in [2.45, 2.75) is 45.6 Å². The third-order valence-corrected chi connectivity index (χ3v) is 3.21. The fourth-order valence-electron chi connectivity index (χ4n) is 2.24. The van der Waals surface area contributed by atoms with E-state index < -0.39 is 0 Å². The predicted octanol–water partition coefficient (Wildman–Crippen LogP) is 1.37. The summed E-state index contributed by atoms with van der Waals surface area (Å²) in [4.78, 5) is 13.5. The lowest BCUT2D eigenvalue weighted by molar-refractivity contribution is -0.123. The van der Waals surface area contributed by atoms with Gasteiger partial charge in [0.15, 0.2) is 0 Å². The number of amides is 1. The normalized spacial score (nSPS) is 26.9. The molecule has 82 valence electrons. The van der Waals surface area contributed by atoms with E-state index >= 15 is 0 Å². The van der Waals surface area contributed by atoms with Gasteiger partial charge < -0.3 is 5.73 Å². The van der Waals surface area contributed by atoms with Crippen molar-refractivity contribution in [3.63, 3.8) is 0 Å². The van der Waals surface area contributed by atoms with E-state index in [0.29, 0.717) is 0 Å². The molecule has 1 saturated heterocycles. The Morgan fingerprint density at radius 3 is 2.79 bits per heavy atom. The zero-order chi connectivity index (χ0) is 10.6. The van der Waals surface area contributed by atoms with Crippen molar-refractivity contribution in [3.05, 3.63) is 0 Å². The van der Waals surface area contributed by atoms with E-state index in [9.17, 15) is 4.79 Å². The minimum Gasteiger partial charge on any atom is -0.368 e. The molecular weight excluding hydrogens is 176 g/mol. The number of rotatable bonds is 3. The Bertz CT molecular complexity index is 194. The zero-order valence-electron chi connectivity index (χ0n) is 9.33. The lowest BCUT2D eigenvalue weighted by Crippen LogP contribution is -2.44. The second-order valence-electron chi connectivity index (χ2n) is 4.40. The Kier molecular flexibility index (Phi) is 4.39. The fraction of sp³-hybridized carbons (Fsp3) is 0.909. The third-order valence-electron chi connectivity index (χ3n) is 3.21. The van der Waals surface area contributed by atoms with Crippen molar-refractivity contribution in [1.82, 2.24) is 4.90 Å². The number of likely N-dealkylation sites (tertiary alicyclic amines) is 1. The highest BCUT2D eigenvalue weighted by Crippen LogP contribution is 2.18. The summed E-state index contributed by atoms with van der Waals surface area (Å²) in [6.45, 7) is 6.38. The molecule has 3 nitrogen and oxygen atoms in total. The molecule has 14 heavy (non-hydrogen) atoms. The summed E-state index contributed by atoms with van der Waals surface area (Å²) in [6.07, 6.45) is 4.52. The first-order valence-corrected chi connectivity index (χ1v) is 5.68. The summed E-state index contributed by atoms with van der Waals surface area (Å²) < 4.78 is 0. The second kappa shape index (κ2) is 5.35. The monoisotopic (exact) mass is 198 g/mol. The first-order chi connectivity index (χ1) is 6.65. The van der Waals surface area contributed by atoms with Crippen LogP contribution in [0.5, 0.6) is 0 Å². The third kappa shape index (κ3) is 2.98. The van der Waals surface area contributed by atoms with Crippen molar-refractivity contribution in [3.8, 4) is 0 Å². The van der Waals surface area contributed by atoms with Crippen LogP contribution in [0, 0.1) is 5.92 Å². The van der Waals surface area contributed by atoms with Crippen molar-refractivity contribution in [2.75, 3.05) is 13.1 Å². The van der Waals surface area contributed by atoms with E-state index in [4.69, 9.17) is 5.73 Å². The summed E-state index contributed by atoms with van der Waals surface area (Å²) >= 11 is 0. The van der Waals surface area contributed by atoms with Crippen LogP contribution >= 0.6 is 0 Å². The topological polar surface area (TPSA) is 46.3 Å². The fourth-order valence-corrected chi connectivity index (χ4v) is 2.24. The van der Waals surface area contributed by atoms with Crippen LogP contribution in [0.3, 0.4) is 0 Å². The number of primary amides is 1. The minimum absolute atomic E-state index is 0.0414. The van der Waals surface area contributed by atoms with Crippen LogP contribution < -0.4 is 5.73 Å². The minimum atomic E-state index is -0.165. The molecule has 0 aliphatic carbocycles. The van der Waals surface area contributed by atoms with Gasteiger partial charge in [0.25, 0.3) is 0 Å². The molecule has 1 amide bonds. The first kappa shape index (κ1) is 11.5. The molecule has 2 atom stereocenters. The highest BCUT2D eigenvalue weighted by atomic mass is 16.1. The van der Waals surface area contributed by atoms with Crippen molar-refractivity contribution in [1.29, 1.82) is 0 Å². The van der Waals surface area contributed by atoms with Gasteiger partial charge in [-0.15, -0.1) is 0 Å². The van der Waals surface area contributed by atoms with E-state index in [0.717, 1.165) is 25.4 Å². The number of nitrogens with two attached hydrogens (primary N) is 1. The Balaban J connectivity index is 2.53. The molecule has 2 unspecified atom stereocenters. The largest absolute Gasteiger partial charge is 0.368 e. The quantitative estimate of drug-likeness (QED) is 0.744. The van der Waals surface area contributed by atoms with E-state index in [-0.39, 0.29) is 11.9 Å². The van der Waals surface area contributed by atoms with Gasteiger partial charge in [0.05, 0.1) is 6.04 Å². The molecule has 2 N–H and O–H groups in total. The summed E-state index contributed by atoms with van der Waals surface area (Å²) in [6, 6.07) is -0.0414. The van der Waals surface area contributed by atoms with Gasteiger partial charge in [-0.2, -0.15) is 0 Å². The van der Waals surface area contributed by atoms with E-state index in [1.54, 1.807) is 0 Å². The van der Waals surface area contributed by atoms with E-state index in [2.05, 4.69) is 11.8 Å². The second-order valence-corrected chi connectivity index (χ2v) is 4.40. The predicted molar refractivity (Wildman–Crippen MR) is 57.9 cm³/mol. The molecule has 0 aromatic rings. The summed E-state index contributed by atoms with van der Waals surface area (Å²) in [5.74, 6) is 0.632. The molecular formula is C11H22N2O. The molecule has 0 radical (unpaired) electrons. The molecule has 1 fully saturated rings. The number of nitrogens with zero attached hydrogens (tertiary/aromatic N) is 1. The Hall–Kier alpha value is -0.570. The Morgan fingerprint density at radius 2 is 2.21 bits per heavy atom. The zero-order valence-corrected chi connectivity index (χ0v) is 9.33. The van der Waals surface area contributed by atoms with Gasteiger partial charge >= 0.3 is 0 Å². The van der Waals surface area contributed by atoms with Crippen LogP contribution in [-0.4, -0.2) is 29.9 Å². The molecule has 1 heterocycles. The van der Waals surface area contributed by atoms with Crippen molar-refractivity contribution in [2.24, 2.45) is 11.7 Å². The van der Waals surface area contributed by atoms with E-state index in [1.807, 2.05) is 6.92 Å². The summed E-state index contributed by atoms with van der Waals surface area (Å²) in [5, 5.41) is 0.